The van der Waals surface area contributed by atoms with Crippen LogP contribution in [0.3, 0.4) is 0 Å². The van der Waals surface area contributed by atoms with E-state index in [9.17, 15) is 0 Å². The Balaban J connectivity index is 1.88. The van der Waals surface area contributed by atoms with Crippen LogP contribution in [0.4, 0.5) is 0 Å². The van der Waals surface area contributed by atoms with Crippen molar-refractivity contribution in [1.29, 1.82) is 0 Å². The maximum absolute atomic E-state index is 8.95. The second-order valence-corrected chi connectivity index (χ2v) is 3.91. The predicted molar refractivity (Wildman–Crippen MR) is 64.2 cm³/mol. The van der Waals surface area contributed by atoms with Gasteiger partial charge in [-0.1, -0.05) is 23.4 Å². The molecule has 0 bridgehead atoms. The van der Waals surface area contributed by atoms with Crippen molar-refractivity contribution in [1.82, 2.24) is 35.2 Å². The first kappa shape index (κ1) is 11.5. The van der Waals surface area contributed by atoms with Gasteiger partial charge < -0.3 is 5.11 Å². The molecule has 1 N–H and O–H groups in total. The maximum Gasteiger partial charge on any atom is 0.178 e. The molecule has 3 aromatic rings. The fourth-order valence-corrected chi connectivity index (χ4v) is 1.71. The van der Waals surface area contributed by atoms with E-state index in [1.54, 1.807) is 15.6 Å². The highest BCUT2D eigenvalue weighted by Gasteiger charge is 2.09. The third-order valence-corrected chi connectivity index (χ3v) is 2.59. The van der Waals surface area contributed by atoms with Gasteiger partial charge in [-0.2, -0.15) is 4.68 Å². The van der Waals surface area contributed by atoms with Gasteiger partial charge in [0.05, 0.1) is 18.5 Å². The van der Waals surface area contributed by atoms with E-state index in [-0.39, 0.29) is 6.61 Å². The summed E-state index contributed by atoms with van der Waals surface area (Å²) in [6, 6.07) is 9.60. The molecule has 0 aliphatic heterocycles. The number of aliphatic hydroxyl groups is 1. The summed E-state index contributed by atoms with van der Waals surface area (Å²) < 4.78 is 3.22. The van der Waals surface area contributed by atoms with Gasteiger partial charge in [-0.3, -0.25) is 0 Å². The number of nitrogens with zero attached hydrogens (tertiary/aromatic N) is 7. The maximum atomic E-state index is 8.95. The van der Waals surface area contributed by atoms with Crippen LogP contribution < -0.4 is 0 Å². The normalized spacial score (nSPS) is 10.8. The molecule has 0 aliphatic carbocycles. The Morgan fingerprint density at radius 1 is 1.05 bits per heavy atom. The molecular formula is C11H11N7O. The van der Waals surface area contributed by atoms with Crippen molar-refractivity contribution >= 4 is 0 Å². The summed E-state index contributed by atoms with van der Waals surface area (Å²) in [6.07, 6.45) is 1.66. The second kappa shape index (κ2) is 4.94. The first-order valence-electron chi connectivity index (χ1n) is 5.69. The lowest BCUT2D eigenvalue weighted by Crippen LogP contribution is -2.09. The van der Waals surface area contributed by atoms with E-state index in [0.717, 1.165) is 5.69 Å². The minimum Gasteiger partial charge on any atom is -0.390 e. The van der Waals surface area contributed by atoms with Gasteiger partial charge in [0.1, 0.15) is 12.2 Å². The molecule has 8 nitrogen and oxygen atoms in total. The molecule has 1 aromatic carbocycles. The topological polar surface area (TPSA) is 94.5 Å². The zero-order chi connectivity index (χ0) is 13.1. The molecule has 0 saturated heterocycles. The van der Waals surface area contributed by atoms with Gasteiger partial charge in [-0.15, -0.1) is 10.2 Å². The first-order chi connectivity index (χ1) is 9.36. The summed E-state index contributed by atoms with van der Waals surface area (Å²) in [5.74, 6) is 0.639. The SMILES string of the molecule is OCc1cn(Cc2nnnn2-c2ccccc2)nn1. The number of hydrogen-bond donors (Lipinski definition) is 1. The molecule has 96 valence electrons. The van der Waals surface area contributed by atoms with E-state index in [0.29, 0.717) is 18.1 Å². The highest BCUT2D eigenvalue weighted by Crippen LogP contribution is 2.07. The van der Waals surface area contributed by atoms with Crippen LogP contribution in [-0.2, 0) is 13.2 Å². The molecule has 8 heteroatoms. The van der Waals surface area contributed by atoms with Gasteiger partial charge in [0.15, 0.2) is 5.82 Å². The number of hydrogen-bond acceptors (Lipinski definition) is 6. The molecule has 3 rings (SSSR count). The van der Waals surface area contributed by atoms with Crippen LogP contribution in [0.25, 0.3) is 5.69 Å². The Morgan fingerprint density at radius 3 is 2.63 bits per heavy atom. The van der Waals surface area contributed by atoms with Gasteiger partial charge >= 0.3 is 0 Å². The zero-order valence-electron chi connectivity index (χ0n) is 9.96. The fraction of sp³-hybridized carbons (Fsp3) is 0.182. The summed E-state index contributed by atoms with van der Waals surface area (Å²) in [6.45, 7) is 0.249. The van der Waals surface area contributed by atoms with E-state index in [2.05, 4.69) is 25.8 Å². The second-order valence-electron chi connectivity index (χ2n) is 3.91. The van der Waals surface area contributed by atoms with Crippen LogP contribution in [0.1, 0.15) is 11.5 Å². The van der Waals surface area contributed by atoms with Gasteiger partial charge in [0.2, 0.25) is 0 Å². The van der Waals surface area contributed by atoms with E-state index in [1.807, 2.05) is 30.3 Å². The van der Waals surface area contributed by atoms with Crippen molar-refractivity contribution < 1.29 is 5.11 Å². The summed E-state index contributed by atoms with van der Waals surface area (Å²) in [7, 11) is 0. The quantitative estimate of drug-likeness (QED) is 0.695. The molecule has 0 spiro atoms. The third-order valence-electron chi connectivity index (χ3n) is 2.59. The van der Waals surface area contributed by atoms with Crippen molar-refractivity contribution in [3.63, 3.8) is 0 Å². The Hall–Kier alpha value is -2.61. The molecule has 0 amide bonds. The predicted octanol–water partition coefficient (Wildman–Crippen LogP) is -0.206. The zero-order valence-corrected chi connectivity index (χ0v) is 9.96. The van der Waals surface area contributed by atoms with Crippen LogP contribution in [0.2, 0.25) is 0 Å². The number of aliphatic hydroxyl groups excluding tert-OH is 1. The Bertz CT molecular complexity index is 661. The van der Waals surface area contributed by atoms with Gasteiger partial charge in [-0.25, -0.2) is 4.68 Å². The number of aromatic nitrogens is 7. The standard InChI is InChI=1S/C11H11N7O/c19-8-9-6-17(15-12-9)7-11-13-14-16-18(11)10-4-2-1-3-5-10/h1-6,19H,7-8H2. The summed E-state index contributed by atoms with van der Waals surface area (Å²) in [4.78, 5) is 0. The van der Waals surface area contributed by atoms with Crippen LogP contribution in [-0.4, -0.2) is 40.3 Å². The summed E-state index contributed by atoms with van der Waals surface area (Å²) in [5, 5.41) is 28.2. The molecule has 0 fully saturated rings. The summed E-state index contributed by atoms with van der Waals surface area (Å²) >= 11 is 0. The molecule has 2 heterocycles. The van der Waals surface area contributed by atoms with Crippen LogP contribution >= 0.6 is 0 Å². The van der Waals surface area contributed by atoms with Crippen molar-refractivity contribution in [2.75, 3.05) is 0 Å². The highest BCUT2D eigenvalue weighted by molar-refractivity contribution is 5.30. The number of para-hydroxylation sites is 1. The molecule has 0 aliphatic rings. The number of benzene rings is 1. The van der Waals surface area contributed by atoms with Crippen molar-refractivity contribution in [3.05, 3.63) is 48.0 Å². The molecule has 0 saturated carbocycles. The Labute approximate surface area is 108 Å². The monoisotopic (exact) mass is 257 g/mol. The minimum atomic E-state index is -0.135. The van der Waals surface area contributed by atoms with Crippen molar-refractivity contribution in [2.45, 2.75) is 13.2 Å². The smallest absolute Gasteiger partial charge is 0.178 e. The number of tetrazole rings is 1. The van der Waals surface area contributed by atoms with Crippen molar-refractivity contribution in [2.24, 2.45) is 0 Å². The molecule has 19 heavy (non-hydrogen) atoms. The molecule has 0 atom stereocenters. The van der Waals surface area contributed by atoms with Gasteiger partial charge in [0.25, 0.3) is 0 Å². The molecule has 2 aromatic heterocycles. The Morgan fingerprint density at radius 2 is 1.89 bits per heavy atom. The third kappa shape index (κ3) is 2.33. The van der Waals surface area contributed by atoms with Crippen LogP contribution in [0.5, 0.6) is 0 Å². The van der Waals surface area contributed by atoms with E-state index >= 15 is 0 Å². The average Bonchev–Trinajstić information content (AvgIpc) is 3.09. The van der Waals surface area contributed by atoms with Crippen molar-refractivity contribution in [3.8, 4) is 5.69 Å². The lowest BCUT2D eigenvalue weighted by molar-refractivity contribution is 0.276. The van der Waals surface area contributed by atoms with E-state index in [4.69, 9.17) is 5.11 Å². The summed E-state index contributed by atoms with van der Waals surface area (Å²) in [5.41, 5.74) is 1.39. The largest absolute Gasteiger partial charge is 0.390 e. The molecule has 0 radical (unpaired) electrons. The average molecular weight is 257 g/mol. The molecular weight excluding hydrogens is 246 g/mol. The van der Waals surface area contributed by atoms with Crippen LogP contribution in [0.15, 0.2) is 36.5 Å². The van der Waals surface area contributed by atoms with Gasteiger partial charge in [0, 0.05) is 0 Å². The minimum absolute atomic E-state index is 0.135. The van der Waals surface area contributed by atoms with Crippen LogP contribution in [0, 0.1) is 0 Å². The van der Waals surface area contributed by atoms with Gasteiger partial charge in [-0.05, 0) is 22.6 Å². The van der Waals surface area contributed by atoms with E-state index < -0.39 is 0 Å². The fourth-order valence-electron chi connectivity index (χ4n) is 1.71. The lowest BCUT2D eigenvalue weighted by atomic mass is 10.3. The highest BCUT2D eigenvalue weighted by atomic mass is 16.3. The lowest BCUT2D eigenvalue weighted by Gasteiger charge is -2.03. The Kier molecular flexibility index (Phi) is 2.99. The molecule has 0 unspecified atom stereocenters. The number of rotatable bonds is 4. The first-order valence-corrected chi connectivity index (χ1v) is 5.69. The van der Waals surface area contributed by atoms with E-state index in [1.165, 1.54) is 0 Å².